The number of carbonyl (C=O) groups is 1. The van der Waals surface area contributed by atoms with Gasteiger partial charge in [0.05, 0.1) is 18.4 Å². The molecule has 24 heavy (non-hydrogen) atoms. The molecule has 3 rings (SSSR count). The van der Waals surface area contributed by atoms with Crippen molar-refractivity contribution < 1.29 is 4.79 Å². The van der Waals surface area contributed by atoms with Crippen molar-refractivity contribution in [2.75, 3.05) is 50.4 Å². The van der Waals surface area contributed by atoms with Gasteiger partial charge in [0.25, 0.3) is 0 Å². The summed E-state index contributed by atoms with van der Waals surface area (Å²) < 4.78 is 0. The number of carbonyl (C=O) groups excluding carboxylic acids is 1. The van der Waals surface area contributed by atoms with Crippen molar-refractivity contribution in [1.29, 1.82) is 0 Å². The van der Waals surface area contributed by atoms with Crippen LogP contribution in [-0.2, 0) is 4.79 Å². The Bertz CT molecular complexity index is 666. The number of piperazine rings is 1. The van der Waals surface area contributed by atoms with Gasteiger partial charge in [-0.25, -0.2) is 4.98 Å². The third-order valence-corrected chi connectivity index (χ3v) is 4.25. The van der Waals surface area contributed by atoms with Crippen LogP contribution < -0.4 is 10.6 Å². The highest BCUT2D eigenvalue weighted by molar-refractivity contribution is 6.01. The van der Waals surface area contributed by atoms with Crippen LogP contribution in [0.25, 0.3) is 0 Å². The van der Waals surface area contributed by atoms with E-state index in [0.717, 1.165) is 37.6 Å². The largest absolute Gasteiger partial charge is 0.384 e. The molecule has 2 heterocycles. The van der Waals surface area contributed by atoms with Gasteiger partial charge >= 0.3 is 0 Å². The first-order valence-corrected chi connectivity index (χ1v) is 8.14. The molecule has 1 aliphatic rings. The van der Waals surface area contributed by atoms with E-state index < -0.39 is 0 Å². The number of likely N-dealkylation sites (N-methyl/N-ethyl adjacent to an activating group) is 1. The van der Waals surface area contributed by atoms with Crippen molar-refractivity contribution in [3.63, 3.8) is 0 Å². The molecule has 1 saturated heterocycles. The van der Waals surface area contributed by atoms with Crippen LogP contribution in [0.15, 0.2) is 48.7 Å². The first-order chi connectivity index (χ1) is 11.6. The predicted octanol–water partition coefficient (Wildman–Crippen LogP) is 1.58. The summed E-state index contributed by atoms with van der Waals surface area (Å²) in [6.07, 6.45) is 1.64. The number of benzene rings is 1. The third kappa shape index (κ3) is 3.90. The number of para-hydroxylation sites is 1. The second-order valence-electron chi connectivity index (χ2n) is 6.09. The van der Waals surface area contributed by atoms with Gasteiger partial charge in [-0.1, -0.05) is 18.2 Å². The first kappa shape index (κ1) is 16.4. The molecule has 6 heteroatoms. The maximum Gasteiger partial charge on any atom is 0.245 e. The van der Waals surface area contributed by atoms with Crippen molar-refractivity contribution in [1.82, 2.24) is 14.8 Å². The lowest BCUT2D eigenvalue weighted by Gasteiger charge is -2.33. The summed E-state index contributed by atoms with van der Waals surface area (Å²) in [6, 6.07) is 13.2. The van der Waals surface area contributed by atoms with Gasteiger partial charge in [0, 0.05) is 31.9 Å². The Morgan fingerprint density at radius 1 is 1.08 bits per heavy atom. The lowest BCUT2D eigenvalue weighted by Crippen LogP contribution is -2.48. The standard InChI is InChI=1S/C18H23N5O/c1-21-9-11-22(12-10-21)14-18(24)23(15-5-3-2-4-6-15)16-7-8-17(19)20-13-16/h2-8,13H,9-12,14H2,1H3,(H2,19,20). The summed E-state index contributed by atoms with van der Waals surface area (Å²) >= 11 is 0. The van der Waals surface area contributed by atoms with Gasteiger partial charge in [0.2, 0.25) is 5.91 Å². The topological polar surface area (TPSA) is 65.7 Å². The van der Waals surface area contributed by atoms with Crippen molar-refractivity contribution in [2.24, 2.45) is 0 Å². The Hall–Kier alpha value is -2.44. The van der Waals surface area contributed by atoms with Crippen LogP contribution in [0.3, 0.4) is 0 Å². The molecule has 1 aromatic heterocycles. The van der Waals surface area contributed by atoms with E-state index in [4.69, 9.17) is 5.73 Å². The Balaban J connectivity index is 1.81. The van der Waals surface area contributed by atoms with Crippen LogP contribution >= 0.6 is 0 Å². The van der Waals surface area contributed by atoms with Crippen molar-refractivity contribution in [3.8, 4) is 0 Å². The molecule has 1 aliphatic heterocycles. The minimum absolute atomic E-state index is 0.0392. The number of aromatic nitrogens is 1. The molecule has 6 nitrogen and oxygen atoms in total. The summed E-state index contributed by atoms with van der Waals surface area (Å²) in [4.78, 5) is 23.3. The fraction of sp³-hybridized carbons (Fsp3) is 0.333. The van der Waals surface area contributed by atoms with Crippen LogP contribution in [0, 0.1) is 0 Å². The van der Waals surface area contributed by atoms with E-state index in [-0.39, 0.29) is 5.91 Å². The van der Waals surface area contributed by atoms with Crippen molar-refractivity contribution >= 4 is 23.1 Å². The number of nitrogen functional groups attached to an aromatic ring is 1. The number of hydrogen-bond donors (Lipinski definition) is 1. The van der Waals surface area contributed by atoms with Gasteiger partial charge in [-0.2, -0.15) is 0 Å². The van der Waals surface area contributed by atoms with E-state index in [9.17, 15) is 4.79 Å². The Morgan fingerprint density at radius 2 is 1.79 bits per heavy atom. The van der Waals surface area contributed by atoms with Gasteiger partial charge in [-0.05, 0) is 31.3 Å². The van der Waals surface area contributed by atoms with Crippen LogP contribution in [0.5, 0.6) is 0 Å². The highest BCUT2D eigenvalue weighted by Crippen LogP contribution is 2.25. The monoisotopic (exact) mass is 325 g/mol. The zero-order chi connectivity index (χ0) is 16.9. The first-order valence-electron chi connectivity index (χ1n) is 8.14. The highest BCUT2D eigenvalue weighted by atomic mass is 16.2. The lowest BCUT2D eigenvalue weighted by atomic mass is 10.2. The molecular weight excluding hydrogens is 302 g/mol. The van der Waals surface area contributed by atoms with E-state index in [2.05, 4.69) is 21.8 Å². The zero-order valence-electron chi connectivity index (χ0n) is 13.9. The maximum absolute atomic E-state index is 13.0. The molecule has 0 unspecified atom stereocenters. The second kappa shape index (κ2) is 7.42. The summed E-state index contributed by atoms with van der Waals surface area (Å²) in [5.74, 6) is 0.482. The van der Waals surface area contributed by atoms with Gasteiger partial charge in [0.1, 0.15) is 5.82 Å². The van der Waals surface area contributed by atoms with Gasteiger partial charge < -0.3 is 10.6 Å². The Kier molecular flexibility index (Phi) is 5.08. The van der Waals surface area contributed by atoms with Crippen molar-refractivity contribution in [2.45, 2.75) is 0 Å². The SMILES string of the molecule is CN1CCN(CC(=O)N(c2ccccc2)c2ccc(N)nc2)CC1. The number of rotatable bonds is 4. The fourth-order valence-electron chi connectivity index (χ4n) is 2.81. The molecule has 1 aromatic carbocycles. The normalized spacial score (nSPS) is 16.0. The number of pyridine rings is 1. The molecule has 1 fully saturated rings. The second-order valence-corrected chi connectivity index (χ2v) is 6.09. The van der Waals surface area contributed by atoms with E-state index in [0.29, 0.717) is 12.4 Å². The van der Waals surface area contributed by atoms with E-state index >= 15 is 0 Å². The van der Waals surface area contributed by atoms with Crippen LogP contribution in [0.1, 0.15) is 0 Å². The summed E-state index contributed by atoms with van der Waals surface area (Å²) in [5, 5.41) is 0. The molecule has 126 valence electrons. The minimum Gasteiger partial charge on any atom is -0.384 e. The van der Waals surface area contributed by atoms with E-state index in [1.165, 1.54) is 0 Å². The molecular formula is C18H23N5O. The molecule has 0 bridgehead atoms. The third-order valence-electron chi connectivity index (χ3n) is 4.25. The van der Waals surface area contributed by atoms with E-state index in [1.54, 1.807) is 17.2 Å². The van der Waals surface area contributed by atoms with Crippen LogP contribution in [0.4, 0.5) is 17.2 Å². The summed E-state index contributed by atoms with van der Waals surface area (Å²) in [7, 11) is 2.11. The molecule has 2 N–H and O–H groups in total. The van der Waals surface area contributed by atoms with Crippen molar-refractivity contribution in [3.05, 3.63) is 48.7 Å². The summed E-state index contributed by atoms with van der Waals surface area (Å²) in [6.45, 7) is 4.19. The van der Waals surface area contributed by atoms with Crippen LogP contribution in [-0.4, -0.2) is 60.5 Å². The Labute approximate surface area is 142 Å². The average Bonchev–Trinajstić information content (AvgIpc) is 2.60. The number of hydrogen-bond acceptors (Lipinski definition) is 5. The molecule has 2 aromatic rings. The molecule has 0 atom stereocenters. The molecule has 0 spiro atoms. The van der Waals surface area contributed by atoms with Gasteiger partial charge in [-0.3, -0.25) is 14.6 Å². The predicted molar refractivity (Wildman–Crippen MR) is 96.2 cm³/mol. The number of nitrogens with zero attached hydrogens (tertiary/aromatic N) is 4. The maximum atomic E-state index is 13.0. The molecule has 0 radical (unpaired) electrons. The number of nitrogens with two attached hydrogens (primary N) is 1. The average molecular weight is 325 g/mol. The van der Waals surface area contributed by atoms with E-state index in [1.807, 2.05) is 36.4 Å². The number of amides is 1. The number of anilines is 3. The van der Waals surface area contributed by atoms with Gasteiger partial charge in [0.15, 0.2) is 0 Å². The molecule has 0 saturated carbocycles. The smallest absolute Gasteiger partial charge is 0.245 e. The quantitative estimate of drug-likeness (QED) is 0.924. The zero-order valence-corrected chi connectivity index (χ0v) is 13.9. The highest BCUT2D eigenvalue weighted by Gasteiger charge is 2.23. The summed E-state index contributed by atoms with van der Waals surface area (Å²) in [5.41, 5.74) is 7.24. The molecule has 1 amide bonds. The van der Waals surface area contributed by atoms with Crippen LogP contribution in [0.2, 0.25) is 0 Å². The lowest BCUT2D eigenvalue weighted by molar-refractivity contribution is -0.119. The molecule has 0 aliphatic carbocycles. The Morgan fingerprint density at radius 3 is 2.42 bits per heavy atom. The van der Waals surface area contributed by atoms with Gasteiger partial charge in [-0.15, -0.1) is 0 Å². The minimum atomic E-state index is 0.0392. The fourth-order valence-corrected chi connectivity index (χ4v) is 2.81.